The van der Waals surface area contributed by atoms with Crippen molar-refractivity contribution >= 4 is 12.0 Å². The third-order valence-electron chi connectivity index (χ3n) is 4.40. The first-order valence-electron chi connectivity index (χ1n) is 10.7. The molecule has 0 spiro atoms. The lowest BCUT2D eigenvalue weighted by molar-refractivity contribution is 0.111. The fourth-order valence-electron chi connectivity index (χ4n) is 2.68. The Balaban J connectivity index is 0.000000425. The SMILES string of the molecule is COC(C)/N=C(\C=C/CO)CCNCCCc1ccccc1.COc1cccc(C=O)n1. The van der Waals surface area contributed by atoms with Crippen molar-refractivity contribution < 1.29 is 19.4 Å². The summed E-state index contributed by atoms with van der Waals surface area (Å²) >= 11 is 0. The fraction of sp³-hybridized carbons (Fsp3) is 0.400. The van der Waals surface area contributed by atoms with Crippen LogP contribution in [0.2, 0.25) is 0 Å². The molecule has 0 fully saturated rings. The fourth-order valence-corrected chi connectivity index (χ4v) is 2.68. The van der Waals surface area contributed by atoms with E-state index in [1.807, 2.05) is 19.1 Å². The summed E-state index contributed by atoms with van der Waals surface area (Å²) in [6.45, 7) is 3.80. The molecule has 1 atom stereocenters. The van der Waals surface area contributed by atoms with Crippen molar-refractivity contribution in [1.82, 2.24) is 10.3 Å². The molecule has 7 nitrogen and oxygen atoms in total. The molecule has 1 aromatic heterocycles. The Labute approximate surface area is 191 Å². The van der Waals surface area contributed by atoms with Gasteiger partial charge in [-0.15, -0.1) is 0 Å². The number of benzene rings is 1. The zero-order valence-corrected chi connectivity index (χ0v) is 19.2. The first kappa shape index (κ1) is 27.2. The number of ether oxygens (including phenoxy) is 2. The standard InChI is InChI=1S/C18H28N2O2.C7H7NO2/c1-16(22-2)20-18(11-7-15-21)12-14-19-13-6-10-17-8-4-3-5-9-17;1-10-7-4-2-3-6(5-9)8-7/h3-5,7-9,11,16,19,21H,6,10,12-15H2,1-2H3;2-5H,1H3/b11-7-,20-18+;. The van der Waals surface area contributed by atoms with Crippen LogP contribution in [0.3, 0.4) is 0 Å². The minimum Gasteiger partial charge on any atom is -0.481 e. The van der Waals surface area contributed by atoms with Crippen molar-refractivity contribution in [2.45, 2.75) is 32.4 Å². The lowest BCUT2D eigenvalue weighted by atomic mass is 10.1. The number of nitrogens with zero attached hydrogens (tertiary/aromatic N) is 2. The number of aliphatic imine (C=N–C) groups is 1. The second-order valence-electron chi connectivity index (χ2n) is 6.85. The topological polar surface area (TPSA) is 93.0 Å². The molecular formula is C25H35N3O4. The second kappa shape index (κ2) is 17.8. The smallest absolute Gasteiger partial charge is 0.213 e. The number of aliphatic hydroxyl groups excluding tert-OH is 1. The Hall–Kier alpha value is -2.87. The lowest BCUT2D eigenvalue weighted by Crippen LogP contribution is -2.20. The highest BCUT2D eigenvalue weighted by Crippen LogP contribution is 2.04. The molecule has 0 aliphatic heterocycles. The third kappa shape index (κ3) is 12.7. The first-order valence-corrected chi connectivity index (χ1v) is 10.7. The van der Waals surface area contributed by atoms with Gasteiger partial charge in [0.15, 0.2) is 6.29 Å². The van der Waals surface area contributed by atoms with Gasteiger partial charge in [0.05, 0.1) is 13.7 Å². The van der Waals surface area contributed by atoms with Crippen LogP contribution in [0.25, 0.3) is 0 Å². The molecule has 1 unspecified atom stereocenters. The van der Waals surface area contributed by atoms with E-state index in [4.69, 9.17) is 14.6 Å². The summed E-state index contributed by atoms with van der Waals surface area (Å²) in [6.07, 6.45) is 7.14. The van der Waals surface area contributed by atoms with Gasteiger partial charge < -0.3 is 19.9 Å². The summed E-state index contributed by atoms with van der Waals surface area (Å²) in [7, 11) is 3.15. The largest absolute Gasteiger partial charge is 0.481 e. The maximum atomic E-state index is 10.2. The van der Waals surface area contributed by atoms with Gasteiger partial charge in [0.1, 0.15) is 11.9 Å². The van der Waals surface area contributed by atoms with E-state index >= 15 is 0 Å². The van der Waals surface area contributed by atoms with Crippen molar-refractivity contribution in [1.29, 1.82) is 0 Å². The van der Waals surface area contributed by atoms with Gasteiger partial charge in [-0.1, -0.05) is 42.5 Å². The molecule has 0 saturated heterocycles. The van der Waals surface area contributed by atoms with Crippen molar-refractivity contribution in [3.05, 3.63) is 71.9 Å². The molecule has 0 aliphatic carbocycles. The molecule has 0 bridgehead atoms. The monoisotopic (exact) mass is 441 g/mol. The van der Waals surface area contributed by atoms with Crippen LogP contribution in [0.4, 0.5) is 0 Å². The zero-order valence-electron chi connectivity index (χ0n) is 19.2. The van der Waals surface area contributed by atoms with Crippen molar-refractivity contribution in [2.24, 2.45) is 4.99 Å². The maximum absolute atomic E-state index is 10.2. The molecule has 7 heteroatoms. The zero-order chi connectivity index (χ0) is 23.4. The Morgan fingerprint density at radius 3 is 2.59 bits per heavy atom. The van der Waals surface area contributed by atoms with Crippen LogP contribution in [-0.4, -0.2) is 62.2 Å². The van der Waals surface area contributed by atoms with Crippen LogP contribution in [0.5, 0.6) is 5.88 Å². The molecule has 1 heterocycles. The molecule has 2 N–H and O–H groups in total. The van der Waals surface area contributed by atoms with Crippen molar-refractivity contribution in [3.63, 3.8) is 0 Å². The summed E-state index contributed by atoms with van der Waals surface area (Å²) in [5, 5.41) is 12.3. The molecule has 2 aromatic rings. The van der Waals surface area contributed by atoms with Gasteiger partial charge in [-0.25, -0.2) is 4.98 Å². The Bertz CT molecular complexity index is 810. The molecule has 1 aromatic carbocycles. The third-order valence-corrected chi connectivity index (χ3v) is 4.40. The van der Waals surface area contributed by atoms with Gasteiger partial charge >= 0.3 is 0 Å². The summed E-state index contributed by atoms with van der Waals surface area (Å²) in [5.74, 6) is 0.463. The van der Waals surface area contributed by atoms with Crippen LogP contribution in [0.15, 0.2) is 65.7 Å². The van der Waals surface area contributed by atoms with E-state index in [0.717, 1.165) is 38.1 Å². The first-order chi connectivity index (χ1) is 15.6. The number of aryl methyl sites for hydroxylation is 1. The van der Waals surface area contributed by atoms with Gasteiger partial charge in [-0.05, 0) is 44.0 Å². The number of nitrogens with one attached hydrogen (secondary N) is 1. The van der Waals surface area contributed by atoms with Crippen LogP contribution in [-0.2, 0) is 11.2 Å². The maximum Gasteiger partial charge on any atom is 0.213 e. The van der Waals surface area contributed by atoms with E-state index in [0.29, 0.717) is 17.9 Å². The number of aromatic nitrogens is 1. The number of allylic oxidation sites excluding steroid dienone is 1. The number of aldehydes is 1. The Kier molecular flexibility index (Phi) is 15.1. The van der Waals surface area contributed by atoms with Gasteiger partial charge in [0.25, 0.3) is 0 Å². The van der Waals surface area contributed by atoms with E-state index < -0.39 is 0 Å². The number of rotatable bonds is 13. The van der Waals surface area contributed by atoms with E-state index in [1.165, 1.54) is 12.7 Å². The number of carbonyl (C=O) groups is 1. The van der Waals surface area contributed by atoms with Gasteiger partial charge in [0.2, 0.25) is 5.88 Å². The van der Waals surface area contributed by atoms with Crippen LogP contribution < -0.4 is 10.1 Å². The summed E-state index contributed by atoms with van der Waals surface area (Å²) < 4.78 is 9.94. The normalized spacial score (nSPS) is 12.2. The summed E-state index contributed by atoms with van der Waals surface area (Å²) in [5.41, 5.74) is 2.71. The average molecular weight is 442 g/mol. The second-order valence-corrected chi connectivity index (χ2v) is 6.85. The van der Waals surface area contributed by atoms with E-state index in [-0.39, 0.29) is 12.8 Å². The minimum atomic E-state index is -0.156. The van der Waals surface area contributed by atoms with Crippen molar-refractivity contribution in [3.8, 4) is 5.88 Å². The number of hydrogen-bond acceptors (Lipinski definition) is 7. The highest BCUT2D eigenvalue weighted by molar-refractivity contribution is 5.95. The highest BCUT2D eigenvalue weighted by Gasteiger charge is 2.00. The number of hydrogen-bond donors (Lipinski definition) is 2. The number of methoxy groups -OCH3 is 2. The summed E-state index contributed by atoms with van der Waals surface area (Å²) in [4.78, 5) is 18.4. The molecule has 0 aliphatic rings. The van der Waals surface area contributed by atoms with Crippen LogP contribution >= 0.6 is 0 Å². The predicted molar refractivity (Wildman–Crippen MR) is 129 cm³/mol. The van der Waals surface area contributed by atoms with E-state index in [2.05, 4.69) is 39.6 Å². The van der Waals surface area contributed by atoms with E-state index in [9.17, 15) is 4.79 Å². The van der Waals surface area contributed by atoms with Crippen LogP contribution in [0, 0.1) is 0 Å². The quantitative estimate of drug-likeness (QED) is 0.281. The molecule has 0 saturated carbocycles. The van der Waals surface area contributed by atoms with Gasteiger partial charge in [-0.2, -0.15) is 0 Å². The van der Waals surface area contributed by atoms with Gasteiger partial charge in [-0.3, -0.25) is 9.79 Å². The molecule has 174 valence electrons. The molecular weight excluding hydrogens is 406 g/mol. The molecule has 2 rings (SSSR count). The number of aliphatic hydroxyl groups is 1. The molecule has 0 radical (unpaired) electrons. The lowest BCUT2D eigenvalue weighted by Gasteiger charge is -2.08. The Morgan fingerprint density at radius 1 is 1.16 bits per heavy atom. The molecule has 0 amide bonds. The number of pyridine rings is 1. The number of carbonyl (C=O) groups excluding carboxylic acids is 1. The van der Waals surface area contributed by atoms with Crippen molar-refractivity contribution in [2.75, 3.05) is 33.9 Å². The Morgan fingerprint density at radius 2 is 1.94 bits per heavy atom. The van der Waals surface area contributed by atoms with E-state index in [1.54, 1.807) is 31.4 Å². The highest BCUT2D eigenvalue weighted by atomic mass is 16.5. The van der Waals surface area contributed by atoms with Gasteiger partial charge in [0, 0.05) is 31.9 Å². The minimum absolute atomic E-state index is 0.0326. The van der Waals surface area contributed by atoms with Crippen LogP contribution in [0.1, 0.15) is 35.8 Å². The molecule has 32 heavy (non-hydrogen) atoms. The summed E-state index contributed by atoms with van der Waals surface area (Å²) in [6, 6.07) is 15.6. The average Bonchev–Trinajstić information content (AvgIpc) is 2.85. The predicted octanol–water partition coefficient (Wildman–Crippen LogP) is 3.48.